The molecule has 1 aliphatic rings. The van der Waals surface area contributed by atoms with Crippen LogP contribution in [0.5, 0.6) is 23.0 Å². The van der Waals surface area contributed by atoms with Crippen LogP contribution in [0.4, 0.5) is 0 Å². The minimum Gasteiger partial charge on any atom is -0.493 e. The molecular formula is C24H26ClNO4. The SMILES string of the molecule is COc1cc2c3c(c4cc(OC)c(OC)cc4c2cc1OC)CN(CCCCl)C=C3. The van der Waals surface area contributed by atoms with E-state index in [1.165, 1.54) is 11.1 Å². The number of nitrogens with zero attached hydrogens (tertiary/aromatic N) is 1. The fourth-order valence-electron chi connectivity index (χ4n) is 4.20. The Bertz CT molecular complexity index is 1130. The summed E-state index contributed by atoms with van der Waals surface area (Å²) in [6.07, 6.45) is 5.27. The summed E-state index contributed by atoms with van der Waals surface area (Å²) in [7, 11) is 6.64. The molecule has 0 amide bonds. The summed E-state index contributed by atoms with van der Waals surface area (Å²) in [6, 6.07) is 8.21. The van der Waals surface area contributed by atoms with Gasteiger partial charge in [0.2, 0.25) is 0 Å². The molecule has 1 heterocycles. The van der Waals surface area contributed by atoms with Gasteiger partial charge in [-0.3, -0.25) is 0 Å². The number of methoxy groups -OCH3 is 4. The molecule has 0 aliphatic carbocycles. The van der Waals surface area contributed by atoms with E-state index in [0.29, 0.717) is 28.9 Å². The fourth-order valence-corrected chi connectivity index (χ4v) is 4.32. The highest BCUT2D eigenvalue weighted by Gasteiger charge is 2.21. The van der Waals surface area contributed by atoms with E-state index in [-0.39, 0.29) is 0 Å². The third-order valence-electron chi connectivity index (χ3n) is 5.67. The summed E-state index contributed by atoms with van der Waals surface area (Å²) < 4.78 is 22.4. The van der Waals surface area contributed by atoms with Crippen molar-refractivity contribution < 1.29 is 18.9 Å². The van der Waals surface area contributed by atoms with Crippen molar-refractivity contribution in [2.75, 3.05) is 40.9 Å². The normalized spacial score (nSPS) is 12.9. The number of hydrogen-bond acceptors (Lipinski definition) is 5. The monoisotopic (exact) mass is 427 g/mol. The van der Waals surface area contributed by atoms with Crippen LogP contribution < -0.4 is 18.9 Å². The van der Waals surface area contributed by atoms with Crippen LogP contribution in [-0.2, 0) is 6.54 Å². The minimum absolute atomic E-state index is 0.650. The van der Waals surface area contributed by atoms with Gasteiger partial charge in [0.25, 0.3) is 0 Å². The zero-order valence-electron chi connectivity index (χ0n) is 17.8. The lowest BCUT2D eigenvalue weighted by Gasteiger charge is -2.28. The van der Waals surface area contributed by atoms with Gasteiger partial charge in [0, 0.05) is 19.0 Å². The van der Waals surface area contributed by atoms with E-state index in [0.717, 1.165) is 41.1 Å². The largest absolute Gasteiger partial charge is 0.493 e. The average molecular weight is 428 g/mol. The van der Waals surface area contributed by atoms with E-state index in [1.807, 2.05) is 12.1 Å². The second-order valence-electron chi connectivity index (χ2n) is 7.23. The van der Waals surface area contributed by atoms with Crippen LogP contribution in [0.1, 0.15) is 17.5 Å². The van der Waals surface area contributed by atoms with Gasteiger partial charge in [-0.2, -0.15) is 0 Å². The Balaban J connectivity index is 2.07. The van der Waals surface area contributed by atoms with Gasteiger partial charge in [-0.25, -0.2) is 0 Å². The summed E-state index contributed by atoms with van der Waals surface area (Å²) in [5.41, 5.74) is 2.44. The molecule has 0 saturated carbocycles. The van der Waals surface area contributed by atoms with E-state index in [1.54, 1.807) is 28.4 Å². The van der Waals surface area contributed by atoms with Crippen LogP contribution in [0.2, 0.25) is 0 Å². The first-order valence-corrected chi connectivity index (χ1v) is 10.4. The third-order valence-corrected chi connectivity index (χ3v) is 5.94. The lowest BCUT2D eigenvalue weighted by Crippen LogP contribution is -2.22. The van der Waals surface area contributed by atoms with Crippen molar-refractivity contribution in [3.63, 3.8) is 0 Å². The maximum Gasteiger partial charge on any atom is 0.161 e. The fraction of sp³-hybridized carbons (Fsp3) is 0.333. The average Bonchev–Trinajstić information content (AvgIpc) is 2.80. The minimum atomic E-state index is 0.650. The molecule has 6 heteroatoms. The molecule has 3 aromatic carbocycles. The van der Waals surface area contributed by atoms with E-state index in [9.17, 15) is 0 Å². The summed E-state index contributed by atoms with van der Waals surface area (Å²) in [6.45, 7) is 1.72. The van der Waals surface area contributed by atoms with E-state index in [2.05, 4.69) is 29.3 Å². The summed E-state index contributed by atoms with van der Waals surface area (Å²) in [5.74, 6) is 3.48. The zero-order valence-corrected chi connectivity index (χ0v) is 18.5. The molecule has 0 fully saturated rings. The lowest BCUT2D eigenvalue weighted by molar-refractivity contribution is 0.355. The van der Waals surface area contributed by atoms with Gasteiger partial charge in [-0.15, -0.1) is 11.6 Å². The molecule has 0 saturated heterocycles. The van der Waals surface area contributed by atoms with Crippen LogP contribution in [-0.4, -0.2) is 45.8 Å². The standard InChI is InChI=1S/C24H26ClNO4/c1-27-21-10-16-15-6-9-26(8-5-7-25)14-20(15)19-13-24(30-4)23(29-3)12-18(19)17(16)11-22(21)28-2/h6,9-13H,5,7-8,14H2,1-4H3. The van der Waals surface area contributed by atoms with Crippen molar-refractivity contribution in [2.45, 2.75) is 13.0 Å². The first kappa shape index (κ1) is 20.5. The van der Waals surface area contributed by atoms with Gasteiger partial charge in [-0.05, 0) is 75.6 Å². The topological polar surface area (TPSA) is 40.2 Å². The molecule has 0 unspecified atom stereocenters. The molecule has 30 heavy (non-hydrogen) atoms. The highest BCUT2D eigenvalue weighted by atomic mass is 35.5. The molecule has 5 nitrogen and oxygen atoms in total. The highest BCUT2D eigenvalue weighted by molar-refractivity contribution is 6.17. The van der Waals surface area contributed by atoms with Gasteiger partial charge in [-0.1, -0.05) is 0 Å². The maximum atomic E-state index is 5.92. The summed E-state index contributed by atoms with van der Waals surface area (Å²) >= 11 is 5.92. The molecule has 0 aromatic heterocycles. The molecular weight excluding hydrogens is 402 g/mol. The Morgan fingerprint density at radius 1 is 0.767 bits per heavy atom. The first-order valence-electron chi connectivity index (χ1n) is 9.89. The van der Waals surface area contributed by atoms with Gasteiger partial charge < -0.3 is 23.8 Å². The second-order valence-corrected chi connectivity index (χ2v) is 7.60. The number of halogens is 1. The van der Waals surface area contributed by atoms with Crippen molar-refractivity contribution in [3.05, 3.63) is 41.6 Å². The van der Waals surface area contributed by atoms with E-state index < -0.39 is 0 Å². The third kappa shape index (κ3) is 3.37. The summed E-state index contributed by atoms with van der Waals surface area (Å²) in [5, 5.41) is 4.44. The molecule has 0 radical (unpaired) electrons. The number of hydrogen-bond donors (Lipinski definition) is 0. The number of ether oxygens (including phenoxy) is 4. The lowest BCUT2D eigenvalue weighted by atomic mass is 9.89. The molecule has 0 bridgehead atoms. The highest BCUT2D eigenvalue weighted by Crippen LogP contribution is 2.44. The van der Waals surface area contributed by atoms with Crippen molar-refractivity contribution in [1.29, 1.82) is 0 Å². The first-order chi connectivity index (χ1) is 14.6. The van der Waals surface area contributed by atoms with Crippen molar-refractivity contribution >= 4 is 39.2 Å². The Morgan fingerprint density at radius 3 is 1.80 bits per heavy atom. The quantitative estimate of drug-likeness (QED) is 0.370. The number of rotatable bonds is 7. The Kier molecular flexibility index (Phi) is 5.82. The predicted molar refractivity (Wildman–Crippen MR) is 122 cm³/mol. The van der Waals surface area contributed by atoms with Crippen molar-refractivity contribution in [2.24, 2.45) is 0 Å². The molecule has 0 atom stereocenters. The number of benzene rings is 3. The van der Waals surface area contributed by atoms with E-state index >= 15 is 0 Å². The molecule has 0 spiro atoms. The van der Waals surface area contributed by atoms with Crippen molar-refractivity contribution in [3.8, 4) is 23.0 Å². The van der Waals surface area contributed by atoms with Crippen molar-refractivity contribution in [1.82, 2.24) is 4.90 Å². The van der Waals surface area contributed by atoms with Crippen LogP contribution in [0.3, 0.4) is 0 Å². The molecule has 3 aromatic rings. The smallest absolute Gasteiger partial charge is 0.161 e. The number of fused-ring (bicyclic) bond motifs is 6. The Labute approximate surface area is 181 Å². The van der Waals surface area contributed by atoms with Crippen LogP contribution >= 0.6 is 11.6 Å². The maximum absolute atomic E-state index is 5.92. The molecule has 0 N–H and O–H groups in total. The van der Waals surface area contributed by atoms with Gasteiger partial charge >= 0.3 is 0 Å². The zero-order chi connectivity index (χ0) is 21.3. The Hall–Kier alpha value is -2.79. The molecule has 4 rings (SSSR count). The number of alkyl halides is 1. The Morgan fingerprint density at radius 2 is 1.27 bits per heavy atom. The molecule has 158 valence electrons. The van der Waals surface area contributed by atoms with Crippen LogP contribution in [0.25, 0.3) is 27.6 Å². The summed E-state index contributed by atoms with van der Waals surface area (Å²) in [4.78, 5) is 2.30. The molecule has 1 aliphatic heterocycles. The van der Waals surface area contributed by atoms with E-state index in [4.69, 9.17) is 30.5 Å². The predicted octanol–water partition coefficient (Wildman–Crippen LogP) is 5.44. The van der Waals surface area contributed by atoms with Crippen LogP contribution in [0, 0.1) is 0 Å². The van der Waals surface area contributed by atoms with Gasteiger partial charge in [0.15, 0.2) is 23.0 Å². The van der Waals surface area contributed by atoms with Gasteiger partial charge in [0.1, 0.15) is 0 Å². The van der Waals surface area contributed by atoms with Gasteiger partial charge in [0.05, 0.1) is 28.4 Å². The van der Waals surface area contributed by atoms with Crippen LogP contribution in [0.15, 0.2) is 30.5 Å². The second kappa shape index (κ2) is 8.52.